The number of nitrogens with zero attached hydrogens (tertiary/aromatic N) is 1. The van der Waals surface area contributed by atoms with Gasteiger partial charge >= 0.3 is 0 Å². The second kappa shape index (κ2) is 2.71. The zero-order valence-electron chi connectivity index (χ0n) is 7.86. The highest BCUT2D eigenvalue weighted by Crippen LogP contribution is 2.31. The topological polar surface area (TPSA) is 22.0 Å². The lowest BCUT2D eigenvalue weighted by Crippen LogP contribution is -1.98. The van der Waals surface area contributed by atoms with Crippen molar-refractivity contribution in [3.8, 4) is 0 Å². The molecule has 0 saturated heterocycles. The molecule has 0 aliphatic heterocycles. The molecule has 2 heteroatoms. The van der Waals surface area contributed by atoms with Gasteiger partial charge in [-0.15, -0.1) is 0 Å². The van der Waals surface area contributed by atoms with Crippen LogP contribution in [0.4, 0.5) is 0 Å². The molecule has 70 valence electrons. The first-order chi connectivity index (χ1) is 6.92. The van der Waals surface area contributed by atoms with Crippen molar-refractivity contribution in [2.75, 3.05) is 0 Å². The fourth-order valence-electron chi connectivity index (χ4n) is 2.49. The van der Waals surface area contributed by atoms with Crippen molar-refractivity contribution in [2.45, 2.75) is 19.3 Å². The molecule has 1 heterocycles. The summed E-state index contributed by atoms with van der Waals surface area (Å²) in [7, 11) is 0. The molecule has 14 heavy (non-hydrogen) atoms. The third-order valence-corrected chi connectivity index (χ3v) is 3.07. The van der Waals surface area contributed by atoms with Crippen LogP contribution in [0, 0.1) is 0 Å². The molecule has 0 unspecified atom stereocenters. The standard InChI is InChI=1S/C12H11NO/c14-8-13-11-6-2-1-4-9(11)10-5-3-7-12(10)13/h1-2,4,6,8H,3,5,7H2. The fraction of sp³-hybridized carbons (Fsp3) is 0.250. The molecule has 1 aromatic carbocycles. The Morgan fingerprint density at radius 3 is 2.93 bits per heavy atom. The highest BCUT2D eigenvalue weighted by molar-refractivity contribution is 5.90. The second-order valence-electron chi connectivity index (χ2n) is 3.77. The van der Waals surface area contributed by atoms with Crippen molar-refractivity contribution < 1.29 is 4.79 Å². The van der Waals surface area contributed by atoms with E-state index in [0.29, 0.717) is 0 Å². The number of rotatable bonds is 1. The van der Waals surface area contributed by atoms with E-state index in [4.69, 9.17) is 0 Å². The van der Waals surface area contributed by atoms with Crippen molar-refractivity contribution >= 4 is 17.3 Å². The van der Waals surface area contributed by atoms with Crippen LogP contribution in [0.15, 0.2) is 24.3 Å². The molecule has 1 aliphatic carbocycles. The van der Waals surface area contributed by atoms with Gasteiger partial charge in [0, 0.05) is 11.1 Å². The molecule has 0 fully saturated rings. The van der Waals surface area contributed by atoms with Crippen LogP contribution >= 0.6 is 0 Å². The predicted molar refractivity (Wildman–Crippen MR) is 56.1 cm³/mol. The fourth-order valence-corrected chi connectivity index (χ4v) is 2.49. The van der Waals surface area contributed by atoms with Gasteiger partial charge in [-0.05, 0) is 30.9 Å². The number of carbonyl (C=O) groups excluding carboxylic acids is 1. The van der Waals surface area contributed by atoms with Crippen LogP contribution in [0.3, 0.4) is 0 Å². The number of aryl methyl sites for hydroxylation is 1. The normalized spacial score (nSPS) is 14.6. The summed E-state index contributed by atoms with van der Waals surface area (Å²) in [5.74, 6) is 0. The first kappa shape index (κ1) is 7.80. The number of hydrogen-bond acceptors (Lipinski definition) is 1. The van der Waals surface area contributed by atoms with Crippen molar-refractivity contribution in [1.82, 2.24) is 4.57 Å². The Bertz CT molecular complexity index is 510. The third-order valence-electron chi connectivity index (χ3n) is 3.07. The van der Waals surface area contributed by atoms with Crippen LogP contribution < -0.4 is 0 Å². The van der Waals surface area contributed by atoms with Gasteiger partial charge in [-0.3, -0.25) is 9.36 Å². The minimum atomic E-state index is 0.937. The molecule has 0 amide bonds. The Morgan fingerprint density at radius 1 is 1.21 bits per heavy atom. The molecule has 0 N–H and O–H groups in total. The predicted octanol–water partition coefficient (Wildman–Crippen LogP) is 2.17. The largest absolute Gasteiger partial charge is 0.287 e. The van der Waals surface area contributed by atoms with E-state index in [1.807, 2.05) is 18.2 Å². The summed E-state index contributed by atoms with van der Waals surface area (Å²) in [6.45, 7) is 0. The van der Waals surface area contributed by atoms with Crippen molar-refractivity contribution in [3.63, 3.8) is 0 Å². The van der Waals surface area contributed by atoms with Crippen LogP contribution in [0.1, 0.15) is 17.7 Å². The highest BCUT2D eigenvalue weighted by Gasteiger charge is 2.20. The van der Waals surface area contributed by atoms with E-state index in [9.17, 15) is 4.79 Å². The Balaban J connectivity index is 2.48. The van der Waals surface area contributed by atoms with E-state index >= 15 is 0 Å². The van der Waals surface area contributed by atoms with E-state index in [0.717, 1.165) is 24.8 Å². The maximum Gasteiger partial charge on any atom is 0.218 e. The molecular weight excluding hydrogens is 174 g/mol. The number of benzene rings is 1. The molecule has 1 aromatic heterocycles. The lowest BCUT2D eigenvalue weighted by molar-refractivity contribution is 0.547. The maximum absolute atomic E-state index is 11.0. The Kier molecular flexibility index (Phi) is 1.51. The van der Waals surface area contributed by atoms with Crippen LogP contribution in [-0.4, -0.2) is 11.0 Å². The lowest BCUT2D eigenvalue weighted by atomic mass is 10.1. The number of carbonyl (C=O) groups is 1. The zero-order valence-corrected chi connectivity index (χ0v) is 7.86. The van der Waals surface area contributed by atoms with E-state index in [-0.39, 0.29) is 0 Å². The number of hydrogen-bond donors (Lipinski definition) is 0. The average Bonchev–Trinajstić information content (AvgIpc) is 2.77. The summed E-state index contributed by atoms with van der Waals surface area (Å²) in [6, 6.07) is 8.15. The van der Waals surface area contributed by atoms with E-state index < -0.39 is 0 Å². The Hall–Kier alpha value is -1.57. The summed E-state index contributed by atoms with van der Waals surface area (Å²) in [5, 5.41) is 1.26. The molecular formula is C12H11NO. The first-order valence-electron chi connectivity index (χ1n) is 4.98. The van der Waals surface area contributed by atoms with Gasteiger partial charge in [-0.25, -0.2) is 0 Å². The third kappa shape index (κ3) is 0.830. The van der Waals surface area contributed by atoms with Gasteiger partial charge in [0.2, 0.25) is 6.41 Å². The lowest BCUT2D eigenvalue weighted by Gasteiger charge is -1.97. The second-order valence-corrected chi connectivity index (χ2v) is 3.77. The molecule has 0 bridgehead atoms. The van der Waals surface area contributed by atoms with Crippen LogP contribution in [0.2, 0.25) is 0 Å². The van der Waals surface area contributed by atoms with Gasteiger partial charge in [-0.2, -0.15) is 0 Å². The van der Waals surface area contributed by atoms with Crippen molar-refractivity contribution in [3.05, 3.63) is 35.5 Å². The van der Waals surface area contributed by atoms with Crippen LogP contribution in [0.5, 0.6) is 0 Å². The summed E-state index contributed by atoms with van der Waals surface area (Å²) in [4.78, 5) is 11.0. The van der Waals surface area contributed by atoms with Gasteiger partial charge in [0.1, 0.15) is 0 Å². The Labute approximate surface area is 82.1 Å². The number of fused-ring (bicyclic) bond motifs is 3. The number of aromatic nitrogens is 1. The van der Waals surface area contributed by atoms with Gasteiger partial charge in [0.25, 0.3) is 0 Å². The molecule has 0 radical (unpaired) electrons. The number of para-hydroxylation sites is 1. The summed E-state index contributed by atoms with van der Waals surface area (Å²) >= 11 is 0. The van der Waals surface area contributed by atoms with Crippen molar-refractivity contribution in [2.24, 2.45) is 0 Å². The zero-order chi connectivity index (χ0) is 9.54. The minimum Gasteiger partial charge on any atom is -0.287 e. The van der Waals surface area contributed by atoms with Gasteiger partial charge in [-0.1, -0.05) is 18.2 Å². The van der Waals surface area contributed by atoms with E-state index in [1.165, 1.54) is 23.1 Å². The highest BCUT2D eigenvalue weighted by atomic mass is 16.1. The van der Waals surface area contributed by atoms with Crippen LogP contribution in [-0.2, 0) is 17.6 Å². The van der Waals surface area contributed by atoms with Gasteiger partial charge in [0.15, 0.2) is 0 Å². The van der Waals surface area contributed by atoms with E-state index in [1.54, 1.807) is 4.57 Å². The molecule has 0 saturated carbocycles. The van der Waals surface area contributed by atoms with Gasteiger partial charge in [0.05, 0.1) is 5.52 Å². The molecule has 0 spiro atoms. The maximum atomic E-state index is 11.0. The Morgan fingerprint density at radius 2 is 2.07 bits per heavy atom. The molecule has 0 atom stereocenters. The molecule has 2 nitrogen and oxygen atoms in total. The van der Waals surface area contributed by atoms with Gasteiger partial charge < -0.3 is 0 Å². The van der Waals surface area contributed by atoms with Crippen molar-refractivity contribution in [1.29, 1.82) is 0 Å². The molecule has 3 rings (SSSR count). The summed E-state index contributed by atoms with van der Waals surface area (Å²) in [6.07, 6.45) is 4.29. The molecule has 1 aliphatic rings. The van der Waals surface area contributed by atoms with Crippen LogP contribution in [0.25, 0.3) is 10.9 Å². The monoisotopic (exact) mass is 185 g/mol. The SMILES string of the molecule is O=Cn1c2c(c3ccccc31)CCC2. The quantitative estimate of drug-likeness (QED) is 0.624. The smallest absolute Gasteiger partial charge is 0.218 e. The summed E-state index contributed by atoms with van der Waals surface area (Å²) in [5.41, 5.74) is 3.67. The van der Waals surface area contributed by atoms with E-state index in [2.05, 4.69) is 6.07 Å². The average molecular weight is 185 g/mol. The summed E-state index contributed by atoms with van der Waals surface area (Å²) < 4.78 is 1.80. The minimum absolute atomic E-state index is 0.937. The first-order valence-corrected chi connectivity index (χ1v) is 4.98. The molecule has 2 aromatic rings.